The summed E-state index contributed by atoms with van der Waals surface area (Å²) in [6, 6.07) is 1.39. The van der Waals surface area contributed by atoms with Gasteiger partial charge in [0.1, 0.15) is 21.4 Å². The Hall–Kier alpha value is -4.27. The lowest BCUT2D eigenvalue weighted by Gasteiger charge is -2.14. The minimum absolute atomic E-state index is 0.00484. The molecule has 36 heavy (non-hydrogen) atoms. The molecule has 0 saturated carbocycles. The van der Waals surface area contributed by atoms with Crippen LogP contribution in [0.3, 0.4) is 0 Å². The van der Waals surface area contributed by atoms with Gasteiger partial charge in [0, 0.05) is 23.7 Å². The van der Waals surface area contributed by atoms with Crippen molar-refractivity contribution in [1.29, 1.82) is 0 Å². The van der Waals surface area contributed by atoms with Crippen LogP contribution in [0.15, 0.2) is 18.3 Å². The first-order valence-electron chi connectivity index (χ1n) is 10.5. The Morgan fingerprint density at radius 1 is 1.25 bits per heavy atom. The molecule has 0 aliphatic heterocycles. The molecular formula is C21H20F2N8O4S. The number of nitrogens with one attached hydrogen (secondary N) is 1. The van der Waals surface area contributed by atoms with Crippen molar-refractivity contribution >= 4 is 44.9 Å². The van der Waals surface area contributed by atoms with Gasteiger partial charge in [-0.15, -0.1) is 11.3 Å². The van der Waals surface area contributed by atoms with E-state index in [0.29, 0.717) is 22.5 Å². The van der Waals surface area contributed by atoms with Crippen molar-refractivity contribution in [2.24, 2.45) is 12.8 Å². The second kappa shape index (κ2) is 9.07. The fraction of sp³-hybridized carbons (Fsp3) is 0.286. The van der Waals surface area contributed by atoms with E-state index >= 15 is 0 Å². The zero-order valence-electron chi connectivity index (χ0n) is 19.4. The van der Waals surface area contributed by atoms with Crippen molar-refractivity contribution in [2.75, 3.05) is 5.32 Å². The van der Waals surface area contributed by atoms with Crippen LogP contribution in [0, 0.1) is 24.0 Å². The molecule has 4 rings (SSSR count). The summed E-state index contributed by atoms with van der Waals surface area (Å²) in [6.07, 6.45) is -1.40. The van der Waals surface area contributed by atoms with Gasteiger partial charge in [-0.1, -0.05) is 0 Å². The van der Waals surface area contributed by atoms with Crippen LogP contribution in [0.4, 0.5) is 20.3 Å². The molecule has 0 bridgehead atoms. The molecule has 4 heterocycles. The highest BCUT2D eigenvalue weighted by molar-refractivity contribution is 7.21. The molecule has 3 N–H and O–H groups in total. The maximum absolute atomic E-state index is 13.7. The van der Waals surface area contributed by atoms with E-state index in [-0.39, 0.29) is 20.8 Å². The average molecular weight is 519 g/mol. The van der Waals surface area contributed by atoms with Crippen LogP contribution in [0.1, 0.15) is 46.1 Å². The first-order valence-corrected chi connectivity index (χ1v) is 11.3. The fourth-order valence-corrected chi connectivity index (χ4v) is 4.80. The van der Waals surface area contributed by atoms with Crippen LogP contribution in [0.25, 0.3) is 21.3 Å². The molecule has 0 radical (unpaired) electrons. The standard InChI is InChI=1S/C21H20F2N8O4S/c1-8-5-14(31(34)35)28-30(8)10(3)20(33)27-16-15-11(12-7-25-29(4)9(12)2)6-13(18(22)23)26-21(15)36-17(16)19(24)32/h5-7,10,18H,1-4H3,(H2,24,32)(H,27,33). The lowest BCUT2D eigenvalue weighted by molar-refractivity contribution is -0.389. The smallest absolute Gasteiger partial charge is 0.365 e. The fourth-order valence-electron chi connectivity index (χ4n) is 3.79. The maximum atomic E-state index is 13.7. The maximum Gasteiger partial charge on any atom is 0.390 e. The Kier molecular flexibility index (Phi) is 6.26. The highest BCUT2D eigenvalue weighted by atomic mass is 32.1. The minimum atomic E-state index is -2.89. The largest absolute Gasteiger partial charge is 0.390 e. The van der Waals surface area contributed by atoms with Gasteiger partial charge in [0.15, 0.2) is 0 Å². The third-order valence-corrected chi connectivity index (χ3v) is 6.84. The Balaban J connectivity index is 1.89. The molecule has 1 atom stereocenters. The van der Waals surface area contributed by atoms with Gasteiger partial charge in [0.05, 0.1) is 28.7 Å². The molecule has 0 fully saturated rings. The van der Waals surface area contributed by atoms with Crippen molar-refractivity contribution < 1.29 is 23.3 Å². The highest BCUT2D eigenvalue weighted by Gasteiger charge is 2.29. The third kappa shape index (κ3) is 4.17. The van der Waals surface area contributed by atoms with Crippen molar-refractivity contribution in [3.8, 4) is 11.1 Å². The van der Waals surface area contributed by atoms with Gasteiger partial charge in [0.2, 0.25) is 0 Å². The third-order valence-electron chi connectivity index (χ3n) is 5.75. The molecule has 0 aliphatic rings. The van der Waals surface area contributed by atoms with Gasteiger partial charge in [-0.25, -0.2) is 13.8 Å². The van der Waals surface area contributed by atoms with Crippen LogP contribution in [0.5, 0.6) is 0 Å². The van der Waals surface area contributed by atoms with Gasteiger partial charge < -0.3 is 21.2 Å². The zero-order chi connectivity index (χ0) is 26.5. The molecule has 1 unspecified atom stereocenters. The van der Waals surface area contributed by atoms with Gasteiger partial charge in [-0.2, -0.15) is 9.78 Å². The number of rotatable bonds is 7. The number of aryl methyl sites for hydroxylation is 2. The Morgan fingerprint density at radius 2 is 1.94 bits per heavy atom. The summed E-state index contributed by atoms with van der Waals surface area (Å²) in [7, 11) is 1.68. The predicted octanol–water partition coefficient (Wildman–Crippen LogP) is 3.65. The normalized spacial score (nSPS) is 12.3. The number of alkyl halides is 2. The molecular weight excluding hydrogens is 498 g/mol. The topological polar surface area (TPSA) is 164 Å². The van der Waals surface area contributed by atoms with Crippen LogP contribution in [-0.4, -0.2) is 41.3 Å². The van der Waals surface area contributed by atoms with E-state index in [0.717, 1.165) is 11.3 Å². The molecule has 0 saturated heterocycles. The molecule has 0 aromatic carbocycles. The lowest BCUT2D eigenvalue weighted by Crippen LogP contribution is -2.26. The van der Waals surface area contributed by atoms with Gasteiger partial charge in [-0.3, -0.25) is 14.3 Å². The Morgan fingerprint density at radius 3 is 2.47 bits per heavy atom. The van der Waals surface area contributed by atoms with E-state index in [1.807, 2.05) is 0 Å². The quantitative estimate of drug-likeness (QED) is 0.278. The van der Waals surface area contributed by atoms with E-state index in [4.69, 9.17) is 5.73 Å². The number of fused-ring (bicyclic) bond motifs is 1. The monoisotopic (exact) mass is 518 g/mol. The lowest BCUT2D eigenvalue weighted by atomic mass is 10.0. The number of primary amides is 1. The summed E-state index contributed by atoms with van der Waals surface area (Å²) in [5, 5.41) is 22.0. The second-order valence-corrected chi connectivity index (χ2v) is 9.02. The molecule has 4 aromatic heterocycles. The van der Waals surface area contributed by atoms with Crippen molar-refractivity contribution in [3.63, 3.8) is 0 Å². The number of nitrogens with two attached hydrogens (primary N) is 1. The number of carbonyl (C=O) groups excluding carboxylic acids is 2. The SMILES string of the molecule is Cc1c(-c2cc(C(F)F)nc3sc(C(N)=O)c(NC(=O)C(C)n4nc([N+](=O)[O-])cc4C)c23)cnn1C. The number of anilines is 1. The van der Waals surface area contributed by atoms with Crippen LogP contribution in [0.2, 0.25) is 0 Å². The number of hydrogen-bond acceptors (Lipinski definition) is 8. The van der Waals surface area contributed by atoms with E-state index in [1.165, 1.54) is 29.9 Å². The summed E-state index contributed by atoms with van der Waals surface area (Å²) >= 11 is 0.773. The molecule has 0 aliphatic carbocycles. The molecule has 188 valence electrons. The van der Waals surface area contributed by atoms with Gasteiger partial charge in [0.25, 0.3) is 18.2 Å². The number of hydrogen-bond donors (Lipinski definition) is 2. The molecule has 2 amide bonds. The van der Waals surface area contributed by atoms with Crippen LogP contribution in [-0.2, 0) is 11.8 Å². The molecule has 15 heteroatoms. The zero-order valence-corrected chi connectivity index (χ0v) is 20.3. The van der Waals surface area contributed by atoms with Gasteiger partial charge in [-0.05, 0) is 37.3 Å². The van der Waals surface area contributed by atoms with Crippen LogP contribution >= 0.6 is 11.3 Å². The molecule has 12 nitrogen and oxygen atoms in total. The Labute approximate surface area is 205 Å². The van der Waals surface area contributed by atoms with E-state index < -0.39 is 40.7 Å². The first-order chi connectivity index (χ1) is 16.9. The highest BCUT2D eigenvalue weighted by Crippen LogP contribution is 2.43. The van der Waals surface area contributed by atoms with E-state index in [1.54, 1.807) is 25.6 Å². The number of nitrogens with zero attached hydrogens (tertiary/aromatic N) is 6. The predicted molar refractivity (Wildman–Crippen MR) is 127 cm³/mol. The number of halogens is 2. The van der Waals surface area contributed by atoms with E-state index in [2.05, 4.69) is 20.5 Å². The molecule has 0 spiro atoms. The average Bonchev–Trinajstić information content (AvgIpc) is 3.48. The second-order valence-electron chi connectivity index (χ2n) is 8.02. The summed E-state index contributed by atoms with van der Waals surface area (Å²) in [6.45, 7) is 4.76. The summed E-state index contributed by atoms with van der Waals surface area (Å²) in [5.74, 6) is -1.98. The number of carbonyl (C=O) groups is 2. The summed E-state index contributed by atoms with van der Waals surface area (Å²) in [5.41, 5.74) is 6.86. The Bertz CT molecular complexity index is 1540. The molecule has 4 aromatic rings. The number of amides is 2. The van der Waals surface area contributed by atoms with Gasteiger partial charge >= 0.3 is 5.82 Å². The van der Waals surface area contributed by atoms with Crippen LogP contribution < -0.4 is 11.1 Å². The number of thiophene rings is 1. The van der Waals surface area contributed by atoms with Crippen molar-refractivity contribution in [2.45, 2.75) is 33.2 Å². The summed E-state index contributed by atoms with van der Waals surface area (Å²) < 4.78 is 30.1. The summed E-state index contributed by atoms with van der Waals surface area (Å²) in [4.78, 5) is 39.9. The number of aromatic nitrogens is 5. The number of nitro groups is 1. The van der Waals surface area contributed by atoms with Crippen molar-refractivity contribution in [3.05, 3.63) is 50.4 Å². The number of pyridine rings is 1. The van der Waals surface area contributed by atoms with Crippen molar-refractivity contribution in [1.82, 2.24) is 24.5 Å². The first kappa shape index (κ1) is 24.8. The van der Waals surface area contributed by atoms with E-state index in [9.17, 15) is 28.5 Å². The minimum Gasteiger partial charge on any atom is -0.365 e.